The van der Waals surface area contributed by atoms with Crippen molar-refractivity contribution in [3.8, 4) is 5.75 Å². The van der Waals surface area contributed by atoms with Crippen LogP contribution in [0.2, 0.25) is 0 Å². The van der Waals surface area contributed by atoms with Crippen LogP contribution >= 0.6 is 11.3 Å². The van der Waals surface area contributed by atoms with E-state index in [0.29, 0.717) is 26.4 Å². The summed E-state index contributed by atoms with van der Waals surface area (Å²) in [5.74, 6) is 0.133. The van der Waals surface area contributed by atoms with Crippen LogP contribution < -0.4 is 19.6 Å². The standard InChI is InChI=1S/C27H28N2O4S/c1-6-32-26(31)23-18(5)28-27-29(24(23)20-12-7-8-13-21(20)33-16(2)3)25(30)22(34-27)15-19-11-9-10-17(4)14-19/h7-16,24H,6H2,1-5H3/b22-15+/t24-/m0/s1. The van der Waals surface area contributed by atoms with Crippen LogP contribution in [0.15, 0.2) is 69.6 Å². The SMILES string of the molecule is CCOC(=O)C1=C(C)N=c2s/c(=C/c3cccc(C)c3)c(=O)n2[C@H]1c1ccccc1OC(C)C. The van der Waals surface area contributed by atoms with E-state index in [0.717, 1.165) is 16.7 Å². The first-order valence-corrected chi connectivity index (χ1v) is 12.1. The second-order valence-corrected chi connectivity index (χ2v) is 9.43. The van der Waals surface area contributed by atoms with Gasteiger partial charge in [0.15, 0.2) is 4.80 Å². The molecule has 0 saturated heterocycles. The minimum absolute atomic E-state index is 0.0746. The van der Waals surface area contributed by atoms with E-state index in [-0.39, 0.29) is 18.3 Å². The zero-order valence-electron chi connectivity index (χ0n) is 20.0. The second-order valence-electron chi connectivity index (χ2n) is 8.42. The van der Waals surface area contributed by atoms with Crippen LogP contribution in [-0.2, 0) is 9.53 Å². The summed E-state index contributed by atoms with van der Waals surface area (Å²) in [5, 5.41) is 0. The maximum atomic E-state index is 13.7. The van der Waals surface area contributed by atoms with Crippen molar-refractivity contribution in [1.29, 1.82) is 0 Å². The minimum Gasteiger partial charge on any atom is -0.491 e. The topological polar surface area (TPSA) is 69.9 Å². The van der Waals surface area contributed by atoms with Gasteiger partial charge in [-0.3, -0.25) is 9.36 Å². The Morgan fingerprint density at radius 2 is 1.94 bits per heavy atom. The molecule has 2 aromatic carbocycles. The lowest BCUT2D eigenvalue weighted by molar-refractivity contribution is -0.139. The van der Waals surface area contributed by atoms with Gasteiger partial charge in [0.1, 0.15) is 11.8 Å². The van der Waals surface area contributed by atoms with E-state index in [9.17, 15) is 9.59 Å². The number of thiazole rings is 1. The number of fused-ring (bicyclic) bond motifs is 1. The minimum atomic E-state index is -0.704. The zero-order valence-corrected chi connectivity index (χ0v) is 20.8. The number of ether oxygens (including phenoxy) is 2. The molecule has 0 saturated carbocycles. The molecule has 0 amide bonds. The van der Waals surface area contributed by atoms with Crippen molar-refractivity contribution in [2.45, 2.75) is 46.8 Å². The Morgan fingerprint density at radius 3 is 2.65 bits per heavy atom. The molecule has 3 aromatic rings. The second kappa shape index (κ2) is 9.81. The molecular weight excluding hydrogens is 448 g/mol. The average molecular weight is 477 g/mol. The van der Waals surface area contributed by atoms with E-state index in [4.69, 9.17) is 9.47 Å². The largest absolute Gasteiger partial charge is 0.491 e. The Kier molecular flexibility index (Phi) is 6.84. The van der Waals surface area contributed by atoms with Crippen LogP contribution in [0.25, 0.3) is 6.08 Å². The zero-order chi connectivity index (χ0) is 24.4. The average Bonchev–Trinajstić information content (AvgIpc) is 3.07. The van der Waals surface area contributed by atoms with Crippen LogP contribution in [-0.4, -0.2) is 23.2 Å². The van der Waals surface area contributed by atoms with Gasteiger partial charge in [-0.05, 0) is 52.3 Å². The molecule has 0 unspecified atom stereocenters. The molecule has 2 heterocycles. The highest BCUT2D eigenvalue weighted by molar-refractivity contribution is 7.07. The van der Waals surface area contributed by atoms with Gasteiger partial charge in [-0.15, -0.1) is 0 Å². The number of aryl methyl sites for hydroxylation is 1. The number of rotatable bonds is 6. The number of aromatic nitrogens is 1. The first-order valence-electron chi connectivity index (χ1n) is 11.3. The summed E-state index contributed by atoms with van der Waals surface area (Å²) in [6.07, 6.45) is 1.79. The fourth-order valence-corrected chi connectivity index (χ4v) is 5.11. The molecule has 0 radical (unpaired) electrons. The van der Waals surface area contributed by atoms with Crippen LogP contribution in [0, 0.1) is 6.92 Å². The van der Waals surface area contributed by atoms with E-state index < -0.39 is 12.0 Å². The predicted molar refractivity (Wildman–Crippen MR) is 134 cm³/mol. The molecular formula is C27H28N2O4S. The van der Waals surface area contributed by atoms with Crippen LogP contribution in [0.3, 0.4) is 0 Å². The van der Waals surface area contributed by atoms with E-state index in [1.165, 1.54) is 11.3 Å². The van der Waals surface area contributed by atoms with Crippen LogP contribution in [0.5, 0.6) is 5.75 Å². The van der Waals surface area contributed by atoms with Gasteiger partial charge in [0.05, 0.1) is 28.5 Å². The summed E-state index contributed by atoms with van der Waals surface area (Å²) in [6.45, 7) is 9.66. The number of carbonyl (C=O) groups excluding carboxylic acids is 1. The number of para-hydroxylation sites is 1. The smallest absolute Gasteiger partial charge is 0.338 e. The fourth-order valence-electron chi connectivity index (χ4n) is 4.06. The van der Waals surface area contributed by atoms with Crippen molar-refractivity contribution < 1.29 is 14.3 Å². The quantitative estimate of drug-likeness (QED) is 0.506. The predicted octanol–water partition coefficient (Wildman–Crippen LogP) is 3.89. The van der Waals surface area contributed by atoms with Gasteiger partial charge in [0, 0.05) is 5.56 Å². The lowest BCUT2D eigenvalue weighted by Gasteiger charge is -2.26. The molecule has 6 nitrogen and oxygen atoms in total. The maximum absolute atomic E-state index is 13.7. The molecule has 0 N–H and O–H groups in total. The third-order valence-corrected chi connectivity index (χ3v) is 6.42. The Hall–Kier alpha value is -3.45. The molecule has 1 aliphatic heterocycles. The summed E-state index contributed by atoms with van der Waals surface area (Å²) < 4.78 is 13.6. The van der Waals surface area contributed by atoms with E-state index >= 15 is 0 Å². The van der Waals surface area contributed by atoms with Crippen molar-refractivity contribution in [3.63, 3.8) is 0 Å². The number of hydrogen-bond donors (Lipinski definition) is 0. The lowest BCUT2D eigenvalue weighted by atomic mass is 9.95. The highest BCUT2D eigenvalue weighted by Gasteiger charge is 2.35. The van der Waals surface area contributed by atoms with E-state index in [1.54, 1.807) is 18.4 Å². The Labute approximate surface area is 202 Å². The third kappa shape index (κ3) is 4.61. The van der Waals surface area contributed by atoms with Crippen molar-refractivity contribution in [1.82, 2.24) is 4.57 Å². The monoisotopic (exact) mass is 476 g/mol. The van der Waals surface area contributed by atoms with E-state index in [2.05, 4.69) is 4.99 Å². The van der Waals surface area contributed by atoms with Gasteiger partial charge < -0.3 is 9.47 Å². The Morgan fingerprint density at radius 1 is 1.18 bits per heavy atom. The van der Waals surface area contributed by atoms with Gasteiger partial charge in [0.25, 0.3) is 5.56 Å². The summed E-state index contributed by atoms with van der Waals surface area (Å²) in [4.78, 5) is 32.0. The van der Waals surface area contributed by atoms with Crippen molar-refractivity contribution in [3.05, 3.63) is 96.2 Å². The van der Waals surface area contributed by atoms with Crippen molar-refractivity contribution in [2.24, 2.45) is 4.99 Å². The lowest BCUT2D eigenvalue weighted by Crippen LogP contribution is -2.40. The number of carbonyl (C=O) groups is 1. The third-order valence-electron chi connectivity index (χ3n) is 5.43. The molecule has 4 rings (SSSR count). The van der Waals surface area contributed by atoms with Gasteiger partial charge in [-0.2, -0.15) is 0 Å². The molecule has 1 aliphatic rings. The summed E-state index contributed by atoms with van der Waals surface area (Å²) in [5.41, 5.74) is 3.44. The number of esters is 1. The first-order chi connectivity index (χ1) is 16.3. The number of benzene rings is 2. The van der Waals surface area contributed by atoms with Gasteiger partial charge in [-0.25, -0.2) is 9.79 Å². The summed E-state index contributed by atoms with van der Waals surface area (Å²) in [7, 11) is 0. The van der Waals surface area contributed by atoms with Gasteiger partial charge in [0.2, 0.25) is 0 Å². The molecule has 0 bridgehead atoms. The van der Waals surface area contributed by atoms with Crippen LogP contribution in [0.4, 0.5) is 0 Å². The summed E-state index contributed by atoms with van der Waals surface area (Å²) in [6, 6.07) is 14.8. The van der Waals surface area contributed by atoms with Gasteiger partial charge >= 0.3 is 5.97 Å². The van der Waals surface area contributed by atoms with Crippen molar-refractivity contribution in [2.75, 3.05) is 6.61 Å². The first kappa shape index (κ1) is 23.7. The van der Waals surface area contributed by atoms with Crippen LogP contribution in [0.1, 0.15) is 50.4 Å². The molecule has 1 atom stereocenters. The number of nitrogens with zero attached hydrogens (tertiary/aromatic N) is 2. The molecule has 0 spiro atoms. The number of hydrogen-bond acceptors (Lipinski definition) is 6. The molecule has 7 heteroatoms. The normalized spacial score (nSPS) is 15.8. The molecule has 1 aromatic heterocycles. The molecule has 0 fully saturated rings. The summed E-state index contributed by atoms with van der Waals surface area (Å²) >= 11 is 1.31. The highest BCUT2D eigenvalue weighted by atomic mass is 32.1. The Balaban J connectivity index is 1.99. The maximum Gasteiger partial charge on any atom is 0.338 e. The molecule has 34 heavy (non-hydrogen) atoms. The van der Waals surface area contributed by atoms with Gasteiger partial charge in [-0.1, -0.05) is 59.4 Å². The number of allylic oxidation sites excluding steroid dienone is 1. The Bertz CT molecular complexity index is 1450. The highest BCUT2D eigenvalue weighted by Crippen LogP contribution is 2.36. The van der Waals surface area contributed by atoms with Crippen molar-refractivity contribution >= 4 is 23.4 Å². The molecule has 0 aliphatic carbocycles. The van der Waals surface area contributed by atoms with E-state index in [1.807, 2.05) is 75.4 Å². The molecule has 176 valence electrons. The fraction of sp³-hybridized carbons (Fsp3) is 0.296.